The summed E-state index contributed by atoms with van der Waals surface area (Å²) in [5.41, 5.74) is 2.44. The standard InChI is InChI=1S/C15H14S/c1-12(15-10-11-16-13(15)2)8-9-14-6-4-3-5-7-14/h3-7,10-12H,1-2H3. The summed E-state index contributed by atoms with van der Waals surface area (Å²) in [6.45, 7) is 4.31. The lowest BCUT2D eigenvalue weighted by molar-refractivity contribution is 1.00. The summed E-state index contributed by atoms with van der Waals surface area (Å²) in [6.07, 6.45) is 0. The molecule has 0 bridgehead atoms. The first-order valence-corrected chi connectivity index (χ1v) is 6.26. The average molecular weight is 226 g/mol. The highest BCUT2D eigenvalue weighted by Crippen LogP contribution is 2.23. The van der Waals surface area contributed by atoms with Crippen molar-refractivity contribution in [1.82, 2.24) is 0 Å². The predicted molar refractivity (Wildman–Crippen MR) is 70.8 cm³/mol. The normalized spacial score (nSPS) is 11.6. The second kappa shape index (κ2) is 5.01. The van der Waals surface area contributed by atoms with Gasteiger partial charge in [0.25, 0.3) is 0 Å². The Labute approximate surface area is 101 Å². The van der Waals surface area contributed by atoms with E-state index in [0.717, 1.165) is 5.56 Å². The van der Waals surface area contributed by atoms with Crippen molar-refractivity contribution in [2.24, 2.45) is 0 Å². The van der Waals surface area contributed by atoms with Crippen LogP contribution in [-0.2, 0) is 0 Å². The van der Waals surface area contributed by atoms with Gasteiger partial charge in [-0.1, -0.05) is 30.0 Å². The zero-order chi connectivity index (χ0) is 11.4. The average Bonchev–Trinajstić information content (AvgIpc) is 2.74. The first-order chi connectivity index (χ1) is 7.77. The number of benzene rings is 1. The highest BCUT2D eigenvalue weighted by atomic mass is 32.1. The zero-order valence-electron chi connectivity index (χ0n) is 9.53. The van der Waals surface area contributed by atoms with Gasteiger partial charge in [-0.3, -0.25) is 0 Å². The van der Waals surface area contributed by atoms with Crippen LogP contribution in [0.5, 0.6) is 0 Å². The SMILES string of the molecule is Cc1sccc1C(C)C#Cc1ccccc1. The van der Waals surface area contributed by atoms with Crippen LogP contribution >= 0.6 is 11.3 Å². The van der Waals surface area contributed by atoms with E-state index in [1.54, 1.807) is 11.3 Å². The van der Waals surface area contributed by atoms with Crippen molar-refractivity contribution in [3.63, 3.8) is 0 Å². The second-order valence-corrected chi connectivity index (χ2v) is 4.91. The van der Waals surface area contributed by atoms with Gasteiger partial charge in [0, 0.05) is 16.4 Å². The van der Waals surface area contributed by atoms with Gasteiger partial charge in [-0.05, 0) is 43.0 Å². The van der Waals surface area contributed by atoms with E-state index in [2.05, 4.69) is 37.1 Å². The third kappa shape index (κ3) is 2.53. The van der Waals surface area contributed by atoms with Crippen LogP contribution in [0.4, 0.5) is 0 Å². The highest BCUT2D eigenvalue weighted by molar-refractivity contribution is 7.10. The summed E-state index contributed by atoms with van der Waals surface area (Å²) in [4.78, 5) is 1.37. The van der Waals surface area contributed by atoms with Crippen LogP contribution < -0.4 is 0 Å². The summed E-state index contributed by atoms with van der Waals surface area (Å²) < 4.78 is 0. The lowest BCUT2D eigenvalue weighted by atomic mass is 10.0. The molecule has 1 aromatic carbocycles. The van der Waals surface area contributed by atoms with Crippen molar-refractivity contribution in [3.8, 4) is 11.8 Å². The molecule has 1 unspecified atom stereocenters. The molecule has 2 rings (SSSR count). The van der Waals surface area contributed by atoms with E-state index in [1.807, 2.05) is 30.3 Å². The molecule has 1 atom stereocenters. The first kappa shape index (κ1) is 11.0. The Morgan fingerprint density at radius 3 is 2.50 bits per heavy atom. The Hall–Kier alpha value is -1.52. The molecule has 0 radical (unpaired) electrons. The van der Waals surface area contributed by atoms with Gasteiger partial charge in [-0.25, -0.2) is 0 Å². The van der Waals surface area contributed by atoms with Gasteiger partial charge >= 0.3 is 0 Å². The highest BCUT2D eigenvalue weighted by Gasteiger charge is 2.05. The van der Waals surface area contributed by atoms with Crippen LogP contribution in [0, 0.1) is 18.8 Å². The number of rotatable bonds is 1. The van der Waals surface area contributed by atoms with Crippen LogP contribution in [0.1, 0.15) is 28.8 Å². The van der Waals surface area contributed by atoms with Crippen molar-refractivity contribution in [1.29, 1.82) is 0 Å². The topological polar surface area (TPSA) is 0 Å². The summed E-state index contributed by atoms with van der Waals surface area (Å²) in [5.74, 6) is 6.82. The van der Waals surface area contributed by atoms with Crippen LogP contribution in [0.3, 0.4) is 0 Å². The van der Waals surface area contributed by atoms with Crippen molar-refractivity contribution in [2.75, 3.05) is 0 Å². The lowest BCUT2D eigenvalue weighted by Crippen LogP contribution is -1.88. The largest absolute Gasteiger partial charge is 0.149 e. The van der Waals surface area contributed by atoms with Crippen molar-refractivity contribution in [2.45, 2.75) is 19.8 Å². The number of aryl methyl sites for hydroxylation is 1. The van der Waals surface area contributed by atoms with Gasteiger partial charge < -0.3 is 0 Å². The number of hydrogen-bond donors (Lipinski definition) is 0. The van der Waals surface area contributed by atoms with Gasteiger partial charge in [-0.15, -0.1) is 11.3 Å². The van der Waals surface area contributed by atoms with Crippen molar-refractivity contribution in [3.05, 3.63) is 57.8 Å². The Morgan fingerprint density at radius 2 is 1.88 bits per heavy atom. The molecule has 1 aromatic heterocycles. The minimum Gasteiger partial charge on any atom is -0.149 e. The van der Waals surface area contributed by atoms with Crippen molar-refractivity contribution < 1.29 is 0 Å². The van der Waals surface area contributed by atoms with E-state index in [-0.39, 0.29) is 0 Å². The third-order valence-electron chi connectivity index (χ3n) is 2.57. The summed E-state index contributed by atoms with van der Waals surface area (Å²) in [6, 6.07) is 12.3. The molecule has 0 amide bonds. The van der Waals surface area contributed by atoms with E-state index >= 15 is 0 Å². The Kier molecular flexibility index (Phi) is 3.44. The molecule has 1 heterocycles. The van der Waals surface area contributed by atoms with E-state index in [4.69, 9.17) is 0 Å². The van der Waals surface area contributed by atoms with Gasteiger partial charge in [0.2, 0.25) is 0 Å². The molecule has 0 aliphatic rings. The molecule has 0 aliphatic carbocycles. The van der Waals surface area contributed by atoms with E-state index in [0.29, 0.717) is 5.92 Å². The predicted octanol–water partition coefficient (Wildman–Crippen LogP) is 4.21. The van der Waals surface area contributed by atoms with Crippen LogP contribution in [0.25, 0.3) is 0 Å². The fourth-order valence-corrected chi connectivity index (χ4v) is 2.43. The quantitative estimate of drug-likeness (QED) is 0.639. The Balaban J connectivity index is 2.18. The molecular weight excluding hydrogens is 212 g/mol. The lowest BCUT2D eigenvalue weighted by Gasteiger charge is -2.01. The van der Waals surface area contributed by atoms with Gasteiger partial charge in [-0.2, -0.15) is 0 Å². The molecular formula is C15H14S. The van der Waals surface area contributed by atoms with Crippen LogP contribution in [0.15, 0.2) is 41.8 Å². The maximum Gasteiger partial charge on any atom is 0.0438 e. The fraction of sp³-hybridized carbons (Fsp3) is 0.200. The monoisotopic (exact) mass is 226 g/mol. The second-order valence-electron chi connectivity index (χ2n) is 3.79. The number of thiophene rings is 1. The molecule has 0 fully saturated rings. The maximum atomic E-state index is 3.30. The molecule has 0 N–H and O–H groups in total. The maximum absolute atomic E-state index is 3.30. The Bertz CT molecular complexity index is 511. The van der Waals surface area contributed by atoms with Crippen LogP contribution in [-0.4, -0.2) is 0 Å². The zero-order valence-corrected chi connectivity index (χ0v) is 10.3. The molecule has 0 aliphatic heterocycles. The van der Waals surface area contributed by atoms with Gasteiger partial charge in [0.05, 0.1) is 0 Å². The number of hydrogen-bond acceptors (Lipinski definition) is 1. The molecule has 0 saturated carbocycles. The smallest absolute Gasteiger partial charge is 0.0438 e. The molecule has 2 aromatic rings. The van der Waals surface area contributed by atoms with E-state index < -0.39 is 0 Å². The Morgan fingerprint density at radius 1 is 1.12 bits per heavy atom. The van der Waals surface area contributed by atoms with Crippen LogP contribution in [0.2, 0.25) is 0 Å². The van der Waals surface area contributed by atoms with E-state index in [9.17, 15) is 0 Å². The fourth-order valence-electron chi connectivity index (χ4n) is 1.63. The molecule has 0 nitrogen and oxygen atoms in total. The first-order valence-electron chi connectivity index (χ1n) is 5.38. The molecule has 1 heteroatoms. The summed E-state index contributed by atoms with van der Waals surface area (Å²) in [7, 11) is 0. The molecule has 0 saturated heterocycles. The summed E-state index contributed by atoms with van der Waals surface area (Å²) >= 11 is 1.79. The van der Waals surface area contributed by atoms with Crippen molar-refractivity contribution >= 4 is 11.3 Å². The molecule has 0 spiro atoms. The summed E-state index contributed by atoms with van der Waals surface area (Å²) in [5, 5.41) is 2.13. The van der Waals surface area contributed by atoms with E-state index in [1.165, 1.54) is 10.4 Å². The minimum absolute atomic E-state index is 0.312. The van der Waals surface area contributed by atoms with Gasteiger partial charge in [0.1, 0.15) is 0 Å². The molecule has 80 valence electrons. The van der Waals surface area contributed by atoms with Gasteiger partial charge in [0.15, 0.2) is 0 Å². The molecule has 16 heavy (non-hydrogen) atoms. The minimum atomic E-state index is 0.312. The third-order valence-corrected chi connectivity index (χ3v) is 3.43.